The predicted octanol–water partition coefficient (Wildman–Crippen LogP) is 7.88. The molecule has 2 heteroatoms. The van der Waals surface area contributed by atoms with E-state index in [4.69, 9.17) is 0 Å². The first-order valence-electron chi connectivity index (χ1n) is 12.3. The van der Waals surface area contributed by atoms with Gasteiger partial charge in [0, 0.05) is 24.0 Å². The van der Waals surface area contributed by atoms with Gasteiger partial charge in [-0.15, -0.1) is 0 Å². The molecule has 2 unspecified atom stereocenters. The highest BCUT2D eigenvalue weighted by molar-refractivity contribution is 5.46. The average Bonchev–Trinajstić information content (AvgIpc) is 2.83. The summed E-state index contributed by atoms with van der Waals surface area (Å²) in [5.74, 6) is 0.748. The number of hydrogen-bond donors (Lipinski definition) is 2. The molecule has 3 aromatic rings. The molecule has 0 spiro atoms. The number of benzene rings is 3. The summed E-state index contributed by atoms with van der Waals surface area (Å²) in [7, 11) is 0. The number of hydrogen-bond acceptors (Lipinski definition) is 2. The molecule has 0 heterocycles. The van der Waals surface area contributed by atoms with Crippen LogP contribution in [0.25, 0.3) is 0 Å². The smallest absolute Gasteiger partial charge is 0.0400 e. The second-order valence-electron chi connectivity index (χ2n) is 9.24. The van der Waals surface area contributed by atoms with Crippen molar-refractivity contribution in [2.75, 3.05) is 10.6 Å². The van der Waals surface area contributed by atoms with E-state index >= 15 is 0 Å². The monoisotopic (exact) mass is 428 g/mol. The minimum Gasteiger partial charge on any atom is -0.383 e. The van der Waals surface area contributed by atoms with Gasteiger partial charge in [-0.05, 0) is 85.0 Å². The van der Waals surface area contributed by atoms with Crippen LogP contribution in [0.5, 0.6) is 0 Å². The van der Waals surface area contributed by atoms with Gasteiger partial charge in [-0.2, -0.15) is 0 Å². The second kappa shape index (κ2) is 12.3. The van der Waals surface area contributed by atoms with Crippen LogP contribution in [0.4, 0.5) is 11.4 Å². The maximum atomic E-state index is 3.55. The van der Waals surface area contributed by atoms with Gasteiger partial charge in [0.15, 0.2) is 0 Å². The number of anilines is 2. The Kier molecular flexibility index (Phi) is 9.22. The number of aryl methyl sites for hydroxylation is 2. The van der Waals surface area contributed by atoms with Crippen molar-refractivity contribution in [3.63, 3.8) is 0 Å². The summed E-state index contributed by atoms with van der Waals surface area (Å²) in [6.07, 6.45) is 5.68. The van der Waals surface area contributed by atoms with Gasteiger partial charge in [0.2, 0.25) is 0 Å². The van der Waals surface area contributed by atoms with Crippen LogP contribution >= 0.6 is 0 Å². The van der Waals surface area contributed by atoms with Crippen molar-refractivity contribution in [1.82, 2.24) is 0 Å². The summed E-state index contributed by atoms with van der Waals surface area (Å²) >= 11 is 0. The van der Waals surface area contributed by atoms with Crippen molar-refractivity contribution in [3.8, 4) is 0 Å². The van der Waals surface area contributed by atoms with Gasteiger partial charge in [0.05, 0.1) is 0 Å². The third-order valence-electron chi connectivity index (χ3n) is 6.44. The van der Waals surface area contributed by atoms with E-state index < -0.39 is 0 Å². The zero-order valence-electron chi connectivity index (χ0n) is 20.3. The highest BCUT2D eigenvalue weighted by Gasteiger charge is 2.03. The SMILES string of the molecule is CCC(C)Cc1ccc(NCc2ccc(CCc3ccc(NC(C)CC)cc3)cc2)cc1. The maximum absolute atomic E-state index is 3.55. The van der Waals surface area contributed by atoms with Crippen LogP contribution in [-0.2, 0) is 25.8 Å². The minimum atomic E-state index is 0.517. The Bertz CT molecular complexity index is 832. The summed E-state index contributed by atoms with van der Waals surface area (Å²) in [6, 6.07) is 27.4. The van der Waals surface area contributed by atoms with Gasteiger partial charge < -0.3 is 10.6 Å². The van der Waals surface area contributed by atoms with E-state index in [2.05, 4.69) is 111 Å². The quantitative estimate of drug-likeness (QED) is 0.306. The molecule has 0 aliphatic carbocycles. The molecule has 32 heavy (non-hydrogen) atoms. The third-order valence-corrected chi connectivity index (χ3v) is 6.44. The molecule has 0 radical (unpaired) electrons. The standard InChI is InChI=1S/C30H40N2/c1-5-23(3)21-27-15-17-29(18-16-27)31-22-28-11-9-25(10-12-28)7-8-26-13-19-30(20-14-26)32-24(4)6-2/h9-20,23-24,31-32H,5-8,21-22H2,1-4H3. The lowest BCUT2D eigenvalue weighted by Gasteiger charge is -2.13. The molecule has 0 amide bonds. The van der Waals surface area contributed by atoms with E-state index in [0.29, 0.717) is 6.04 Å². The molecule has 0 bridgehead atoms. The predicted molar refractivity (Wildman–Crippen MR) is 141 cm³/mol. The highest BCUT2D eigenvalue weighted by atomic mass is 14.9. The van der Waals surface area contributed by atoms with Crippen LogP contribution < -0.4 is 10.6 Å². The summed E-state index contributed by atoms with van der Waals surface area (Å²) in [5.41, 5.74) is 7.93. The van der Waals surface area contributed by atoms with Crippen molar-refractivity contribution in [2.45, 2.75) is 72.4 Å². The van der Waals surface area contributed by atoms with Gasteiger partial charge in [0.1, 0.15) is 0 Å². The van der Waals surface area contributed by atoms with Crippen LogP contribution in [0.15, 0.2) is 72.8 Å². The van der Waals surface area contributed by atoms with Gasteiger partial charge in [-0.1, -0.05) is 75.7 Å². The van der Waals surface area contributed by atoms with E-state index in [9.17, 15) is 0 Å². The molecule has 170 valence electrons. The summed E-state index contributed by atoms with van der Waals surface area (Å²) in [4.78, 5) is 0. The molecule has 3 rings (SSSR count). The zero-order valence-corrected chi connectivity index (χ0v) is 20.3. The third kappa shape index (κ3) is 7.75. The molecular formula is C30H40N2. The first-order chi connectivity index (χ1) is 15.6. The lowest BCUT2D eigenvalue weighted by molar-refractivity contribution is 0.560. The van der Waals surface area contributed by atoms with Crippen LogP contribution in [0, 0.1) is 5.92 Å². The molecule has 0 fully saturated rings. The van der Waals surface area contributed by atoms with Gasteiger partial charge in [-0.25, -0.2) is 0 Å². The Balaban J connectivity index is 1.44. The molecule has 2 N–H and O–H groups in total. The van der Waals surface area contributed by atoms with Crippen molar-refractivity contribution in [1.29, 1.82) is 0 Å². The molecule has 0 aliphatic rings. The van der Waals surface area contributed by atoms with E-state index in [0.717, 1.165) is 38.1 Å². The van der Waals surface area contributed by atoms with Crippen LogP contribution in [0.1, 0.15) is 62.8 Å². The lowest BCUT2D eigenvalue weighted by atomic mass is 9.99. The first-order valence-corrected chi connectivity index (χ1v) is 12.3. The molecule has 0 aromatic heterocycles. The minimum absolute atomic E-state index is 0.517. The Hall–Kier alpha value is -2.74. The average molecular weight is 429 g/mol. The van der Waals surface area contributed by atoms with E-state index in [-0.39, 0.29) is 0 Å². The molecule has 0 aliphatic heterocycles. The van der Waals surface area contributed by atoms with Crippen molar-refractivity contribution in [3.05, 3.63) is 95.1 Å². The molecule has 2 nitrogen and oxygen atoms in total. The van der Waals surface area contributed by atoms with E-state index in [1.807, 2.05) is 0 Å². The van der Waals surface area contributed by atoms with Gasteiger partial charge in [0.25, 0.3) is 0 Å². The maximum Gasteiger partial charge on any atom is 0.0400 e. The Morgan fingerprint density at radius 3 is 1.66 bits per heavy atom. The van der Waals surface area contributed by atoms with Gasteiger partial charge >= 0.3 is 0 Å². The zero-order chi connectivity index (χ0) is 22.8. The Labute approximate surface area is 195 Å². The first kappa shape index (κ1) is 23.9. The molecule has 3 aromatic carbocycles. The lowest BCUT2D eigenvalue weighted by Crippen LogP contribution is -2.13. The Morgan fingerprint density at radius 1 is 0.594 bits per heavy atom. The van der Waals surface area contributed by atoms with Crippen molar-refractivity contribution < 1.29 is 0 Å². The fraction of sp³-hybridized carbons (Fsp3) is 0.400. The number of rotatable bonds is 12. The second-order valence-corrected chi connectivity index (χ2v) is 9.24. The highest BCUT2D eigenvalue weighted by Crippen LogP contribution is 2.17. The summed E-state index contributed by atoms with van der Waals surface area (Å²) in [5, 5.41) is 7.08. The van der Waals surface area contributed by atoms with Crippen molar-refractivity contribution in [2.24, 2.45) is 5.92 Å². The molecular weight excluding hydrogens is 388 g/mol. The van der Waals surface area contributed by atoms with Crippen molar-refractivity contribution >= 4 is 11.4 Å². The van der Waals surface area contributed by atoms with Crippen LogP contribution in [-0.4, -0.2) is 6.04 Å². The van der Waals surface area contributed by atoms with Crippen LogP contribution in [0.3, 0.4) is 0 Å². The fourth-order valence-corrected chi connectivity index (χ4v) is 3.78. The van der Waals surface area contributed by atoms with E-state index in [1.54, 1.807) is 0 Å². The van der Waals surface area contributed by atoms with Gasteiger partial charge in [-0.3, -0.25) is 0 Å². The van der Waals surface area contributed by atoms with E-state index in [1.165, 1.54) is 40.0 Å². The summed E-state index contributed by atoms with van der Waals surface area (Å²) in [6.45, 7) is 9.86. The Morgan fingerprint density at radius 2 is 1.09 bits per heavy atom. The normalized spacial score (nSPS) is 12.9. The largest absolute Gasteiger partial charge is 0.383 e. The topological polar surface area (TPSA) is 24.1 Å². The molecule has 2 atom stereocenters. The van der Waals surface area contributed by atoms with Crippen LogP contribution in [0.2, 0.25) is 0 Å². The number of nitrogens with one attached hydrogen (secondary N) is 2. The molecule has 0 saturated carbocycles. The fourth-order valence-electron chi connectivity index (χ4n) is 3.78. The summed E-state index contributed by atoms with van der Waals surface area (Å²) < 4.78 is 0. The molecule has 0 saturated heterocycles.